The minimum Gasteiger partial charge on any atom is -0.480 e. The number of nitrogens with zero attached hydrogens (tertiary/aromatic N) is 2. The molecule has 1 rings (SSSR count). The number of pyridine rings is 1. The Kier molecular flexibility index (Phi) is 10.8. The number of rotatable bonds is 14. The topological polar surface area (TPSA) is 91.5 Å². The van der Waals surface area contributed by atoms with Gasteiger partial charge in [-0.15, -0.1) is 0 Å². The van der Waals surface area contributed by atoms with Crippen molar-refractivity contribution >= 4 is 11.8 Å². The Balaban J connectivity index is 2.46. The number of alkyl halides is 2. The fourth-order valence-corrected chi connectivity index (χ4v) is 2.87. The van der Waals surface area contributed by atoms with Gasteiger partial charge in [-0.2, -0.15) is 0 Å². The van der Waals surface area contributed by atoms with Crippen molar-refractivity contribution in [2.75, 3.05) is 32.0 Å². The zero-order valence-corrected chi connectivity index (χ0v) is 16.3. The van der Waals surface area contributed by atoms with Crippen LogP contribution in [-0.2, 0) is 17.6 Å². The van der Waals surface area contributed by atoms with Crippen molar-refractivity contribution in [1.29, 1.82) is 0 Å². The minimum atomic E-state index is -2.36. The Morgan fingerprint density at radius 1 is 1.26 bits per heavy atom. The van der Waals surface area contributed by atoms with E-state index in [0.29, 0.717) is 13.1 Å². The lowest BCUT2D eigenvalue weighted by Crippen LogP contribution is -2.36. The molecule has 154 valence electrons. The van der Waals surface area contributed by atoms with Gasteiger partial charge >= 0.3 is 5.97 Å². The van der Waals surface area contributed by atoms with Gasteiger partial charge in [0.1, 0.15) is 11.9 Å². The SMILES string of the molecule is CCc1ccc(CCCCN(CCC(F)F)CCC(N)C(=O)O)nc1NC. The normalized spacial score (nSPS) is 12.6. The number of anilines is 1. The van der Waals surface area contributed by atoms with Gasteiger partial charge in [-0.1, -0.05) is 13.0 Å². The fourth-order valence-electron chi connectivity index (χ4n) is 2.87. The molecular weight excluding hydrogens is 354 g/mol. The van der Waals surface area contributed by atoms with Crippen LogP contribution in [0.1, 0.15) is 43.9 Å². The smallest absolute Gasteiger partial charge is 0.320 e. The van der Waals surface area contributed by atoms with Crippen LogP contribution in [-0.4, -0.2) is 60.1 Å². The molecule has 1 aromatic heterocycles. The molecule has 1 atom stereocenters. The zero-order chi connectivity index (χ0) is 20.2. The van der Waals surface area contributed by atoms with E-state index < -0.39 is 18.4 Å². The summed E-state index contributed by atoms with van der Waals surface area (Å²) in [6, 6.07) is 3.15. The van der Waals surface area contributed by atoms with Crippen molar-refractivity contribution in [2.24, 2.45) is 5.73 Å². The van der Waals surface area contributed by atoms with Crippen LogP contribution in [0.5, 0.6) is 0 Å². The second-order valence-corrected chi connectivity index (χ2v) is 6.63. The molecule has 0 amide bonds. The number of carbonyl (C=O) groups is 1. The third-order valence-electron chi connectivity index (χ3n) is 4.55. The number of aryl methyl sites for hydroxylation is 2. The van der Waals surface area contributed by atoms with Crippen molar-refractivity contribution in [1.82, 2.24) is 9.88 Å². The van der Waals surface area contributed by atoms with E-state index in [0.717, 1.165) is 37.2 Å². The van der Waals surface area contributed by atoms with Crippen molar-refractivity contribution in [2.45, 2.75) is 57.9 Å². The molecule has 0 saturated heterocycles. The molecule has 0 spiro atoms. The van der Waals surface area contributed by atoms with Crippen molar-refractivity contribution in [3.63, 3.8) is 0 Å². The van der Waals surface area contributed by atoms with E-state index in [2.05, 4.69) is 23.3 Å². The van der Waals surface area contributed by atoms with Crippen LogP contribution in [0.3, 0.4) is 0 Å². The summed E-state index contributed by atoms with van der Waals surface area (Å²) < 4.78 is 25.0. The molecule has 0 aliphatic carbocycles. The van der Waals surface area contributed by atoms with Crippen molar-refractivity contribution < 1.29 is 18.7 Å². The van der Waals surface area contributed by atoms with Crippen LogP contribution in [0.15, 0.2) is 12.1 Å². The summed E-state index contributed by atoms with van der Waals surface area (Å²) in [5.74, 6) is -0.165. The number of aliphatic carboxylic acids is 1. The van der Waals surface area contributed by atoms with Gasteiger partial charge in [0.05, 0.1) is 0 Å². The van der Waals surface area contributed by atoms with E-state index in [1.165, 1.54) is 5.56 Å². The average molecular weight is 386 g/mol. The van der Waals surface area contributed by atoms with Crippen LogP contribution in [0, 0.1) is 0 Å². The molecule has 0 aliphatic rings. The van der Waals surface area contributed by atoms with E-state index in [4.69, 9.17) is 10.8 Å². The predicted molar refractivity (Wildman–Crippen MR) is 103 cm³/mol. The summed E-state index contributed by atoms with van der Waals surface area (Å²) in [7, 11) is 1.86. The molecule has 1 aromatic rings. The molecule has 6 nitrogen and oxygen atoms in total. The standard InChI is InChI=1S/C19H32F2N4O2/c1-3-14-7-8-15(24-18(14)23-2)6-4-5-11-25(13-10-17(20)21)12-9-16(22)19(26)27/h7-8,16-17H,3-6,9-13,22H2,1-2H3,(H,23,24)(H,26,27). The molecule has 1 unspecified atom stereocenters. The highest BCUT2D eigenvalue weighted by Crippen LogP contribution is 2.15. The molecule has 0 radical (unpaired) electrons. The lowest BCUT2D eigenvalue weighted by atomic mass is 10.1. The van der Waals surface area contributed by atoms with Gasteiger partial charge in [0.15, 0.2) is 0 Å². The number of aromatic nitrogens is 1. The summed E-state index contributed by atoms with van der Waals surface area (Å²) in [5, 5.41) is 12.0. The first kappa shape index (κ1) is 23.2. The second kappa shape index (κ2) is 12.6. The van der Waals surface area contributed by atoms with E-state index in [1.807, 2.05) is 18.0 Å². The maximum Gasteiger partial charge on any atom is 0.320 e. The van der Waals surface area contributed by atoms with Crippen molar-refractivity contribution in [3.05, 3.63) is 23.4 Å². The summed E-state index contributed by atoms with van der Waals surface area (Å²) >= 11 is 0. The first-order valence-corrected chi connectivity index (χ1v) is 9.52. The maximum absolute atomic E-state index is 12.5. The molecule has 4 N–H and O–H groups in total. The highest BCUT2D eigenvalue weighted by atomic mass is 19.3. The van der Waals surface area contributed by atoms with Gasteiger partial charge in [0.2, 0.25) is 6.43 Å². The predicted octanol–water partition coefficient (Wildman–Crippen LogP) is 2.77. The van der Waals surface area contributed by atoms with Gasteiger partial charge in [0.25, 0.3) is 0 Å². The quantitative estimate of drug-likeness (QED) is 0.426. The van der Waals surface area contributed by atoms with Gasteiger partial charge in [-0.3, -0.25) is 4.79 Å². The van der Waals surface area contributed by atoms with E-state index in [1.54, 1.807) is 0 Å². The summed E-state index contributed by atoms with van der Waals surface area (Å²) in [6.07, 6.45) is 1.13. The largest absolute Gasteiger partial charge is 0.480 e. The molecule has 8 heteroatoms. The first-order chi connectivity index (χ1) is 12.9. The molecule has 0 aromatic carbocycles. The van der Waals surface area contributed by atoms with Gasteiger partial charge in [-0.05, 0) is 50.3 Å². The van der Waals surface area contributed by atoms with E-state index in [9.17, 15) is 13.6 Å². The van der Waals surface area contributed by atoms with Crippen LogP contribution in [0.2, 0.25) is 0 Å². The highest BCUT2D eigenvalue weighted by molar-refractivity contribution is 5.72. The van der Waals surface area contributed by atoms with Crippen LogP contribution in [0.25, 0.3) is 0 Å². The monoisotopic (exact) mass is 386 g/mol. The number of hydrogen-bond acceptors (Lipinski definition) is 5. The number of carboxylic acids is 1. The van der Waals surface area contributed by atoms with Crippen molar-refractivity contribution in [3.8, 4) is 0 Å². The van der Waals surface area contributed by atoms with Gasteiger partial charge in [0, 0.05) is 32.3 Å². The minimum absolute atomic E-state index is 0.214. The Bertz CT molecular complexity index is 573. The molecule has 0 saturated carbocycles. The lowest BCUT2D eigenvalue weighted by molar-refractivity contribution is -0.138. The summed E-state index contributed by atoms with van der Waals surface area (Å²) in [4.78, 5) is 17.3. The highest BCUT2D eigenvalue weighted by Gasteiger charge is 2.15. The fraction of sp³-hybridized carbons (Fsp3) is 0.684. The number of halogens is 2. The molecule has 0 aliphatic heterocycles. The molecule has 1 heterocycles. The van der Waals surface area contributed by atoms with E-state index in [-0.39, 0.29) is 19.4 Å². The maximum atomic E-state index is 12.5. The summed E-state index contributed by atoms with van der Waals surface area (Å²) in [6.45, 7) is 3.39. The third kappa shape index (κ3) is 9.10. The van der Waals surface area contributed by atoms with Crippen LogP contribution in [0.4, 0.5) is 14.6 Å². The number of hydrogen-bond donors (Lipinski definition) is 3. The molecule has 0 bridgehead atoms. The molecule has 0 fully saturated rings. The number of nitrogens with two attached hydrogens (primary N) is 1. The van der Waals surface area contributed by atoms with E-state index >= 15 is 0 Å². The Morgan fingerprint density at radius 3 is 2.56 bits per heavy atom. The number of nitrogens with one attached hydrogen (secondary N) is 1. The van der Waals surface area contributed by atoms with Crippen LogP contribution < -0.4 is 11.1 Å². The van der Waals surface area contributed by atoms with Gasteiger partial charge in [-0.25, -0.2) is 13.8 Å². The Hall–Kier alpha value is -1.80. The van der Waals surface area contributed by atoms with Crippen LogP contribution >= 0.6 is 0 Å². The zero-order valence-electron chi connectivity index (χ0n) is 16.3. The molecule has 27 heavy (non-hydrogen) atoms. The average Bonchev–Trinajstić information content (AvgIpc) is 2.65. The summed E-state index contributed by atoms with van der Waals surface area (Å²) in [5.41, 5.74) is 7.69. The van der Waals surface area contributed by atoms with Gasteiger partial charge < -0.3 is 21.1 Å². The Labute approximate surface area is 160 Å². The second-order valence-electron chi connectivity index (χ2n) is 6.63. The first-order valence-electron chi connectivity index (χ1n) is 9.52. The third-order valence-corrected chi connectivity index (χ3v) is 4.55. The number of unbranched alkanes of at least 4 members (excludes halogenated alkanes) is 1. The lowest BCUT2D eigenvalue weighted by Gasteiger charge is -2.23. The number of carboxylic acid groups (broad SMARTS) is 1. The Morgan fingerprint density at radius 2 is 1.96 bits per heavy atom. The molecular formula is C19H32F2N4O2.